The summed E-state index contributed by atoms with van der Waals surface area (Å²) in [5.41, 5.74) is 7.08. The van der Waals surface area contributed by atoms with Crippen LogP contribution >= 0.6 is 0 Å². The van der Waals surface area contributed by atoms with Gasteiger partial charge in [-0.15, -0.1) is 0 Å². The van der Waals surface area contributed by atoms with E-state index in [1.807, 2.05) is 12.1 Å². The molecule has 88 valence electrons. The largest absolute Gasteiger partial charge is 0.492 e. The molecule has 1 saturated heterocycles. The van der Waals surface area contributed by atoms with Crippen LogP contribution in [0.25, 0.3) is 0 Å². The fraction of sp³-hybridized carbons (Fsp3) is 0.538. The summed E-state index contributed by atoms with van der Waals surface area (Å²) in [6, 6.07) is 8.53. The first-order valence-electron chi connectivity index (χ1n) is 5.91. The topological polar surface area (TPSA) is 38.5 Å². The first-order chi connectivity index (χ1) is 7.74. The summed E-state index contributed by atoms with van der Waals surface area (Å²) in [5.74, 6) is 0.962. The first-order valence-corrected chi connectivity index (χ1v) is 5.91. The molecule has 1 aliphatic rings. The molecule has 3 heteroatoms. The summed E-state index contributed by atoms with van der Waals surface area (Å²) in [4.78, 5) is 2.36. The Kier molecular flexibility index (Phi) is 3.80. The fourth-order valence-corrected chi connectivity index (χ4v) is 2.06. The molecule has 0 saturated carbocycles. The second-order valence-corrected chi connectivity index (χ2v) is 4.51. The molecule has 0 aromatic heterocycles. The molecule has 1 heterocycles. The molecule has 0 bridgehead atoms. The molecular formula is C13H20N2O. The third-order valence-corrected chi connectivity index (χ3v) is 2.97. The van der Waals surface area contributed by atoms with Gasteiger partial charge >= 0.3 is 0 Å². The Morgan fingerprint density at radius 1 is 1.50 bits per heavy atom. The maximum absolute atomic E-state index is 5.85. The van der Waals surface area contributed by atoms with E-state index in [1.54, 1.807) is 0 Å². The highest BCUT2D eigenvalue weighted by atomic mass is 16.5. The predicted molar refractivity (Wildman–Crippen MR) is 65.7 cm³/mol. The van der Waals surface area contributed by atoms with Crippen LogP contribution in [0, 0.1) is 6.92 Å². The van der Waals surface area contributed by atoms with Gasteiger partial charge in [0.1, 0.15) is 12.4 Å². The highest BCUT2D eigenvalue weighted by Crippen LogP contribution is 2.12. The van der Waals surface area contributed by atoms with E-state index < -0.39 is 0 Å². The van der Waals surface area contributed by atoms with Gasteiger partial charge in [0.25, 0.3) is 0 Å². The molecule has 0 spiro atoms. The van der Waals surface area contributed by atoms with Gasteiger partial charge in [-0.3, -0.25) is 4.90 Å². The quantitative estimate of drug-likeness (QED) is 0.833. The minimum Gasteiger partial charge on any atom is -0.492 e. The summed E-state index contributed by atoms with van der Waals surface area (Å²) in [6.07, 6.45) is 1.12. The Morgan fingerprint density at radius 2 is 2.38 bits per heavy atom. The number of hydrogen-bond donors (Lipinski definition) is 1. The van der Waals surface area contributed by atoms with Crippen molar-refractivity contribution in [3.8, 4) is 5.75 Å². The Hall–Kier alpha value is -1.06. The number of nitrogens with zero attached hydrogens (tertiary/aromatic N) is 1. The van der Waals surface area contributed by atoms with Crippen LogP contribution in [0.4, 0.5) is 0 Å². The van der Waals surface area contributed by atoms with Crippen LogP contribution in [0.5, 0.6) is 5.75 Å². The Balaban J connectivity index is 1.72. The fourth-order valence-electron chi connectivity index (χ4n) is 2.06. The maximum atomic E-state index is 5.85. The van der Waals surface area contributed by atoms with Gasteiger partial charge in [0.2, 0.25) is 0 Å². The van der Waals surface area contributed by atoms with Gasteiger partial charge in [-0.05, 0) is 37.6 Å². The van der Waals surface area contributed by atoms with E-state index in [0.29, 0.717) is 6.04 Å². The zero-order valence-electron chi connectivity index (χ0n) is 9.86. The third kappa shape index (κ3) is 3.22. The van der Waals surface area contributed by atoms with E-state index in [1.165, 1.54) is 5.56 Å². The molecule has 16 heavy (non-hydrogen) atoms. The van der Waals surface area contributed by atoms with Crippen molar-refractivity contribution in [2.75, 3.05) is 26.2 Å². The van der Waals surface area contributed by atoms with Crippen molar-refractivity contribution in [3.63, 3.8) is 0 Å². The highest BCUT2D eigenvalue weighted by molar-refractivity contribution is 5.27. The smallest absolute Gasteiger partial charge is 0.119 e. The zero-order valence-corrected chi connectivity index (χ0v) is 9.86. The molecule has 0 radical (unpaired) electrons. The van der Waals surface area contributed by atoms with Crippen molar-refractivity contribution in [2.45, 2.75) is 19.4 Å². The average Bonchev–Trinajstić information content (AvgIpc) is 2.64. The van der Waals surface area contributed by atoms with Crippen LogP contribution in [-0.4, -0.2) is 37.2 Å². The van der Waals surface area contributed by atoms with Crippen molar-refractivity contribution in [1.29, 1.82) is 0 Å². The minimum atomic E-state index is 0.360. The SMILES string of the molecule is Cc1cccc(OCCN2CC[C@H](N)C2)c1. The minimum absolute atomic E-state index is 0.360. The number of likely N-dealkylation sites (tertiary alicyclic amines) is 1. The van der Waals surface area contributed by atoms with Crippen molar-refractivity contribution >= 4 is 0 Å². The van der Waals surface area contributed by atoms with Crippen LogP contribution < -0.4 is 10.5 Å². The van der Waals surface area contributed by atoms with Gasteiger partial charge < -0.3 is 10.5 Å². The number of aryl methyl sites for hydroxylation is 1. The lowest BCUT2D eigenvalue weighted by atomic mass is 10.2. The van der Waals surface area contributed by atoms with Gasteiger partial charge in [0.15, 0.2) is 0 Å². The molecule has 2 N–H and O–H groups in total. The molecule has 1 aliphatic heterocycles. The third-order valence-electron chi connectivity index (χ3n) is 2.97. The molecular weight excluding hydrogens is 200 g/mol. The van der Waals surface area contributed by atoms with E-state index in [-0.39, 0.29) is 0 Å². The van der Waals surface area contributed by atoms with Crippen molar-refractivity contribution < 1.29 is 4.74 Å². The van der Waals surface area contributed by atoms with Crippen LogP contribution in [0.3, 0.4) is 0 Å². The molecule has 0 aliphatic carbocycles. The molecule has 0 unspecified atom stereocenters. The Labute approximate surface area is 97.2 Å². The number of hydrogen-bond acceptors (Lipinski definition) is 3. The van der Waals surface area contributed by atoms with Crippen LogP contribution in [0.2, 0.25) is 0 Å². The first kappa shape index (κ1) is 11.4. The van der Waals surface area contributed by atoms with E-state index >= 15 is 0 Å². The van der Waals surface area contributed by atoms with Gasteiger partial charge in [-0.1, -0.05) is 12.1 Å². The molecule has 1 atom stereocenters. The van der Waals surface area contributed by atoms with Gasteiger partial charge in [0, 0.05) is 19.1 Å². The molecule has 3 nitrogen and oxygen atoms in total. The Morgan fingerprint density at radius 3 is 3.06 bits per heavy atom. The molecule has 1 aromatic carbocycles. The van der Waals surface area contributed by atoms with E-state index in [0.717, 1.165) is 38.4 Å². The van der Waals surface area contributed by atoms with Gasteiger partial charge in [-0.2, -0.15) is 0 Å². The second kappa shape index (κ2) is 5.32. The summed E-state index contributed by atoms with van der Waals surface area (Å²) in [5, 5.41) is 0. The van der Waals surface area contributed by atoms with E-state index in [2.05, 4.69) is 24.0 Å². The standard InChI is InChI=1S/C13H20N2O/c1-11-3-2-4-13(9-11)16-8-7-15-6-5-12(14)10-15/h2-4,9,12H,5-8,10,14H2,1H3/t12-/m0/s1. The zero-order chi connectivity index (χ0) is 11.4. The summed E-state index contributed by atoms with van der Waals surface area (Å²) < 4.78 is 5.70. The van der Waals surface area contributed by atoms with Crippen LogP contribution in [0.15, 0.2) is 24.3 Å². The summed E-state index contributed by atoms with van der Waals surface area (Å²) in [6.45, 7) is 5.92. The summed E-state index contributed by atoms with van der Waals surface area (Å²) in [7, 11) is 0. The number of ether oxygens (including phenoxy) is 1. The van der Waals surface area contributed by atoms with Crippen molar-refractivity contribution in [1.82, 2.24) is 4.90 Å². The number of nitrogens with two attached hydrogens (primary N) is 1. The number of benzene rings is 1. The summed E-state index contributed by atoms with van der Waals surface area (Å²) >= 11 is 0. The molecule has 2 rings (SSSR count). The molecule has 1 fully saturated rings. The van der Waals surface area contributed by atoms with Crippen LogP contribution in [-0.2, 0) is 0 Å². The second-order valence-electron chi connectivity index (χ2n) is 4.51. The molecule has 1 aromatic rings. The van der Waals surface area contributed by atoms with Crippen LogP contribution in [0.1, 0.15) is 12.0 Å². The van der Waals surface area contributed by atoms with Gasteiger partial charge in [-0.25, -0.2) is 0 Å². The average molecular weight is 220 g/mol. The van der Waals surface area contributed by atoms with E-state index in [4.69, 9.17) is 10.5 Å². The van der Waals surface area contributed by atoms with Crippen molar-refractivity contribution in [3.05, 3.63) is 29.8 Å². The van der Waals surface area contributed by atoms with Gasteiger partial charge in [0.05, 0.1) is 0 Å². The monoisotopic (exact) mass is 220 g/mol. The lowest BCUT2D eigenvalue weighted by Gasteiger charge is -2.15. The maximum Gasteiger partial charge on any atom is 0.119 e. The lowest BCUT2D eigenvalue weighted by molar-refractivity contribution is 0.236. The molecule has 0 amide bonds. The highest BCUT2D eigenvalue weighted by Gasteiger charge is 2.18. The Bertz CT molecular complexity index is 340. The number of rotatable bonds is 4. The normalized spacial score (nSPS) is 21.2. The lowest BCUT2D eigenvalue weighted by Crippen LogP contribution is -2.29. The van der Waals surface area contributed by atoms with E-state index in [9.17, 15) is 0 Å². The van der Waals surface area contributed by atoms with Crippen molar-refractivity contribution in [2.24, 2.45) is 5.73 Å². The predicted octanol–water partition coefficient (Wildman–Crippen LogP) is 1.41.